The predicted octanol–water partition coefficient (Wildman–Crippen LogP) is 1.39. The molecule has 112 valence electrons. The Labute approximate surface area is 116 Å². The molecule has 2 aromatic heterocycles. The highest BCUT2D eigenvalue weighted by Crippen LogP contribution is 2.29. The molecular weight excluding hydrogens is 289 g/mol. The maximum atomic E-state index is 12.8. The van der Waals surface area contributed by atoms with Crippen molar-refractivity contribution in [3.8, 4) is 5.82 Å². The lowest BCUT2D eigenvalue weighted by Crippen LogP contribution is -2.20. The van der Waals surface area contributed by atoms with Gasteiger partial charge in [-0.2, -0.15) is 17.9 Å². The normalized spacial score (nSPS) is 12.7. The van der Waals surface area contributed by atoms with E-state index in [1.54, 1.807) is 13.8 Å². The Morgan fingerprint density at radius 1 is 1.29 bits per heavy atom. The van der Waals surface area contributed by atoms with Crippen molar-refractivity contribution in [2.45, 2.75) is 20.0 Å². The Bertz CT molecular complexity index is 706. The summed E-state index contributed by atoms with van der Waals surface area (Å²) in [6.07, 6.45) is -4.62. The van der Waals surface area contributed by atoms with Crippen LogP contribution in [-0.2, 0) is 6.18 Å². The lowest BCUT2D eigenvalue weighted by Gasteiger charge is -2.12. The smallest absolute Gasteiger partial charge is 0.409 e. The van der Waals surface area contributed by atoms with E-state index in [4.69, 9.17) is 10.9 Å². The summed E-state index contributed by atoms with van der Waals surface area (Å²) in [6, 6.07) is 1.81. The number of hydrogen-bond acceptors (Lipinski definition) is 5. The van der Waals surface area contributed by atoms with Crippen LogP contribution in [0.5, 0.6) is 0 Å². The van der Waals surface area contributed by atoms with E-state index in [9.17, 15) is 13.2 Å². The molecular formula is C11H11F3N6O. The summed E-state index contributed by atoms with van der Waals surface area (Å²) in [5, 5.41) is 15.5. The minimum atomic E-state index is -4.62. The molecule has 0 bridgehead atoms. The number of oxime groups is 1. The fraction of sp³-hybridized carbons (Fsp3) is 0.273. The van der Waals surface area contributed by atoms with Crippen molar-refractivity contribution in [2.24, 2.45) is 10.9 Å². The van der Waals surface area contributed by atoms with E-state index >= 15 is 0 Å². The highest BCUT2D eigenvalue weighted by atomic mass is 19.4. The van der Waals surface area contributed by atoms with Crippen molar-refractivity contribution >= 4 is 5.84 Å². The van der Waals surface area contributed by atoms with Gasteiger partial charge in [-0.25, -0.2) is 9.97 Å². The van der Waals surface area contributed by atoms with Gasteiger partial charge in [-0.05, 0) is 26.0 Å². The molecule has 0 aliphatic heterocycles. The molecule has 0 saturated heterocycles. The molecule has 2 aromatic rings. The van der Waals surface area contributed by atoms with E-state index in [1.807, 2.05) is 0 Å². The third-order valence-electron chi connectivity index (χ3n) is 2.62. The van der Waals surface area contributed by atoms with E-state index in [-0.39, 0.29) is 17.2 Å². The molecule has 0 radical (unpaired) electrons. The van der Waals surface area contributed by atoms with Crippen LogP contribution in [0.2, 0.25) is 0 Å². The molecule has 0 saturated carbocycles. The minimum Gasteiger partial charge on any atom is -0.409 e. The zero-order valence-electron chi connectivity index (χ0n) is 11.0. The first-order valence-electron chi connectivity index (χ1n) is 5.71. The van der Waals surface area contributed by atoms with Crippen LogP contribution in [-0.4, -0.2) is 30.8 Å². The van der Waals surface area contributed by atoms with Gasteiger partial charge in [0.2, 0.25) is 0 Å². The van der Waals surface area contributed by atoms with Crippen molar-refractivity contribution in [1.82, 2.24) is 19.7 Å². The summed E-state index contributed by atoms with van der Waals surface area (Å²) in [6.45, 7) is 3.14. The highest BCUT2D eigenvalue weighted by molar-refractivity contribution is 5.99. The van der Waals surface area contributed by atoms with Gasteiger partial charge in [-0.3, -0.25) is 0 Å². The summed E-state index contributed by atoms with van der Waals surface area (Å²) in [4.78, 5) is 7.51. The number of hydrogen-bond donors (Lipinski definition) is 2. The summed E-state index contributed by atoms with van der Waals surface area (Å²) in [5.74, 6) is 0.0977. The van der Waals surface area contributed by atoms with E-state index in [0.29, 0.717) is 11.6 Å². The number of rotatable bonds is 2. The molecule has 0 fully saturated rings. The van der Waals surface area contributed by atoms with E-state index in [1.165, 1.54) is 0 Å². The van der Waals surface area contributed by atoms with Gasteiger partial charge in [-0.1, -0.05) is 5.16 Å². The molecule has 0 amide bonds. The van der Waals surface area contributed by atoms with Gasteiger partial charge in [-0.15, -0.1) is 5.10 Å². The lowest BCUT2D eigenvalue weighted by molar-refractivity contribution is -0.141. The van der Waals surface area contributed by atoms with Crippen molar-refractivity contribution in [1.29, 1.82) is 0 Å². The standard InChI is InChI=1S/C11H11F3N6O/c1-5-16-6(2)20(18-5)10-7(9(15)19-21)3-4-8(17-10)11(12,13)14/h3-4,21H,1-2H3,(H2,15,19). The van der Waals surface area contributed by atoms with E-state index in [0.717, 1.165) is 16.8 Å². The van der Waals surface area contributed by atoms with Crippen LogP contribution in [0.3, 0.4) is 0 Å². The van der Waals surface area contributed by atoms with Crippen LogP contribution in [0.15, 0.2) is 17.3 Å². The number of nitrogens with zero attached hydrogens (tertiary/aromatic N) is 5. The fourth-order valence-electron chi connectivity index (χ4n) is 1.74. The van der Waals surface area contributed by atoms with Gasteiger partial charge in [0.25, 0.3) is 0 Å². The summed E-state index contributed by atoms with van der Waals surface area (Å²) < 4.78 is 39.5. The number of nitrogens with two attached hydrogens (primary N) is 1. The van der Waals surface area contributed by atoms with Crippen LogP contribution in [0.25, 0.3) is 5.82 Å². The van der Waals surface area contributed by atoms with Crippen molar-refractivity contribution in [2.75, 3.05) is 0 Å². The number of pyridine rings is 1. The zero-order chi connectivity index (χ0) is 15.8. The third kappa shape index (κ3) is 2.78. The fourth-order valence-corrected chi connectivity index (χ4v) is 1.74. The first-order chi connectivity index (χ1) is 9.74. The Balaban J connectivity index is 2.73. The molecule has 0 spiro atoms. The number of alkyl halides is 3. The van der Waals surface area contributed by atoms with Crippen LogP contribution in [0.4, 0.5) is 13.2 Å². The number of aromatic nitrogens is 4. The molecule has 0 atom stereocenters. The van der Waals surface area contributed by atoms with Crippen LogP contribution in [0.1, 0.15) is 22.9 Å². The molecule has 21 heavy (non-hydrogen) atoms. The molecule has 0 unspecified atom stereocenters. The van der Waals surface area contributed by atoms with Gasteiger partial charge in [0, 0.05) is 0 Å². The van der Waals surface area contributed by atoms with Crippen molar-refractivity contribution in [3.05, 3.63) is 35.0 Å². The molecule has 3 N–H and O–H groups in total. The maximum absolute atomic E-state index is 12.8. The number of halogens is 3. The average Bonchev–Trinajstić information content (AvgIpc) is 2.75. The second kappa shape index (κ2) is 5.04. The Hall–Kier alpha value is -2.65. The lowest BCUT2D eigenvalue weighted by atomic mass is 10.2. The molecule has 0 aliphatic rings. The predicted molar refractivity (Wildman–Crippen MR) is 66.1 cm³/mol. The quantitative estimate of drug-likeness (QED) is 0.378. The largest absolute Gasteiger partial charge is 0.433 e. The first kappa shape index (κ1) is 14.8. The SMILES string of the molecule is Cc1nc(C)n(-c2nc(C(F)(F)F)ccc2C(N)=NO)n1. The summed E-state index contributed by atoms with van der Waals surface area (Å²) in [7, 11) is 0. The van der Waals surface area contributed by atoms with Gasteiger partial charge >= 0.3 is 6.18 Å². The Kier molecular flexibility index (Phi) is 3.54. The molecule has 0 aliphatic carbocycles. The molecule has 2 heterocycles. The van der Waals surface area contributed by atoms with Gasteiger partial charge in [0.05, 0.1) is 5.56 Å². The van der Waals surface area contributed by atoms with Crippen LogP contribution >= 0.6 is 0 Å². The highest BCUT2D eigenvalue weighted by Gasteiger charge is 2.33. The molecule has 7 nitrogen and oxygen atoms in total. The van der Waals surface area contributed by atoms with E-state index in [2.05, 4.69) is 20.2 Å². The molecule has 0 aromatic carbocycles. The topological polar surface area (TPSA) is 102 Å². The third-order valence-corrected chi connectivity index (χ3v) is 2.62. The summed E-state index contributed by atoms with van der Waals surface area (Å²) >= 11 is 0. The van der Waals surface area contributed by atoms with Gasteiger partial charge < -0.3 is 10.9 Å². The van der Waals surface area contributed by atoms with Gasteiger partial charge in [0.15, 0.2) is 11.7 Å². The van der Waals surface area contributed by atoms with Crippen LogP contribution < -0.4 is 5.73 Å². The number of amidine groups is 1. The van der Waals surface area contributed by atoms with Crippen LogP contribution in [0, 0.1) is 13.8 Å². The number of aryl methyl sites for hydroxylation is 2. The van der Waals surface area contributed by atoms with E-state index < -0.39 is 11.9 Å². The van der Waals surface area contributed by atoms with Gasteiger partial charge in [0.1, 0.15) is 17.3 Å². The molecule has 2 rings (SSSR count). The minimum absolute atomic E-state index is 0.0125. The second-order valence-corrected chi connectivity index (χ2v) is 4.17. The maximum Gasteiger partial charge on any atom is 0.433 e. The summed E-state index contributed by atoms with van der Waals surface area (Å²) in [5.41, 5.74) is 4.37. The average molecular weight is 300 g/mol. The Morgan fingerprint density at radius 2 is 1.95 bits per heavy atom. The Morgan fingerprint density at radius 3 is 2.43 bits per heavy atom. The molecule has 10 heteroatoms. The zero-order valence-corrected chi connectivity index (χ0v) is 11.0. The van der Waals surface area contributed by atoms with Crippen molar-refractivity contribution < 1.29 is 18.4 Å². The van der Waals surface area contributed by atoms with Crippen molar-refractivity contribution in [3.63, 3.8) is 0 Å². The second-order valence-electron chi connectivity index (χ2n) is 4.17. The monoisotopic (exact) mass is 300 g/mol. The first-order valence-corrected chi connectivity index (χ1v) is 5.71.